The molecule has 0 spiro atoms. The topological polar surface area (TPSA) is 41.6 Å². The molecular formula is C16H23ClN2O2. The SMILES string of the molecule is COCCN1CCC(NC(=O)Cc2ccccc2Cl)CC1. The molecule has 1 saturated heterocycles. The molecule has 1 aromatic carbocycles. The van der Waals surface area contributed by atoms with Gasteiger partial charge in [0.25, 0.3) is 0 Å². The highest BCUT2D eigenvalue weighted by molar-refractivity contribution is 6.31. The standard InChI is InChI=1S/C16H23ClN2O2/c1-21-11-10-19-8-6-14(7-9-19)18-16(20)12-13-4-2-3-5-15(13)17/h2-5,14H,6-12H2,1H3,(H,18,20). The van der Waals surface area contributed by atoms with E-state index in [1.165, 1.54) is 0 Å². The Morgan fingerprint density at radius 3 is 2.76 bits per heavy atom. The van der Waals surface area contributed by atoms with Crippen molar-refractivity contribution in [2.45, 2.75) is 25.3 Å². The van der Waals surface area contributed by atoms with Crippen LogP contribution in [0.5, 0.6) is 0 Å². The molecule has 1 aromatic rings. The van der Waals surface area contributed by atoms with Crippen molar-refractivity contribution in [2.24, 2.45) is 0 Å². The zero-order valence-corrected chi connectivity index (χ0v) is 13.2. The molecule has 1 amide bonds. The summed E-state index contributed by atoms with van der Waals surface area (Å²) < 4.78 is 5.09. The molecule has 0 atom stereocenters. The zero-order chi connectivity index (χ0) is 15.1. The van der Waals surface area contributed by atoms with Gasteiger partial charge in [-0.1, -0.05) is 29.8 Å². The normalized spacial score (nSPS) is 16.9. The second kappa shape index (κ2) is 8.37. The number of hydrogen-bond donors (Lipinski definition) is 1. The Bertz CT molecular complexity index is 459. The minimum Gasteiger partial charge on any atom is -0.383 e. The molecule has 1 N–H and O–H groups in total. The Kier molecular flexibility index (Phi) is 6.49. The number of rotatable bonds is 6. The van der Waals surface area contributed by atoms with Gasteiger partial charge >= 0.3 is 0 Å². The number of carbonyl (C=O) groups is 1. The minimum atomic E-state index is 0.0541. The van der Waals surface area contributed by atoms with Gasteiger partial charge in [0.05, 0.1) is 13.0 Å². The molecule has 21 heavy (non-hydrogen) atoms. The lowest BCUT2D eigenvalue weighted by Gasteiger charge is -2.32. The first-order valence-corrected chi connectivity index (χ1v) is 7.81. The Balaban J connectivity index is 1.73. The van der Waals surface area contributed by atoms with E-state index in [-0.39, 0.29) is 11.9 Å². The largest absolute Gasteiger partial charge is 0.383 e. The van der Waals surface area contributed by atoms with Crippen LogP contribution in [-0.4, -0.2) is 50.2 Å². The van der Waals surface area contributed by atoms with Crippen LogP contribution in [0, 0.1) is 0 Å². The van der Waals surface area contributed by atoms with E-state index in [1.807, 2.05) is 24.3 Å². The molecule has 116 valence electrons. The molecular weight excluding hydrogens is 288 g/mol. The van der Waals surface area contributed by atoms with Crippen molar-refractivity contribution in [3.8, 4) is 0 Å². The van der Waals surface area contributed by atoms with Gasteiger partial charge in [-0.25, -0.2) is 0 Å². The maximum atomic E-state index is 12.1. The van der Waals surface area contributed by atoms with Gasteiger partial charge in [-0.2, -0.15) is 0 Å². The maximum Gasteiger partial charge on any atom is 0.224 e. The van der Waals surface area contributed by atoms with E-state index in [4.69, 9.17) is 16.3 Å². The first-order chi connectivity index (χ1) is 10.2. The first-order valence-electron chi connectivity index (χ1n) is 7.43. The van der Waals surface area contributed by atoms with Crippen molar-refractivity contribution in [3.05, 3.63) is 34.9 Å². The number of likely N-dealkylation sites (tertiary alicyclic amines) is 1. The summed E-state index contributed by atoms with van der Waals surface area (Å²) in [4.78, 5) is 14.5. The summed E-state index contributed by atoms with van der Waals surface area (Å²) in [6.07, 6.45) is 2.35. The number of piperidine rings is 1. The molecule has 0 aliphatic carbocycles. The van der Waals surface area contributed by atoms with Gasteiger partial charge in [0.15, 0.2) is 0 Å². The second-order valence-electron chi connectivity index (χ2n) is 5.44. The van der Waals surface area contributed by atoms with E-state index in [2.05, 4.69) is 10.2 Å². The van der Waals surface area contributed by atoms with E-state index in [1.54, 1.807) is 7.11 Å². The number of amides is 1. The van der Waals surface area contributed by atoms with Gasteiger partial charge in [-0.05, 0) is 24.5 Å². The van der Waals surface area contributed by atoms with Crippen molar-refractivity contribution < 1.29 is 9.53 Å². The molecule has 4 nitrogen and oxygen atoms in total. The fourth-order valence-electron chi connectivity index (χ4n) is 2.61. The average Bonchev–Trinajstić information content (AvgIpc) is 2.49. The van der Waals surface area contributed by atoms with Crippen LogP contribution in [0.4, 0.5) is 0 Å². The molecule has 1 fully saturated rings. The number of benzene rings is 1. The summed E-state index contributed by atoms with van der Waals surface area (Å²) in [5.74, 6) is 0.0541. The lowest BCUT2D eigenvalue weighted by Crippen LogP contribution is -2.45. The van der Waals surface area contributed by atoms with E-state index >= 15 is 0 Å². The van der Waals surface area contributed by atoms with Gasteiger partial charge in [0, 0.05) is 37.8 Å². The number of carbonyl (C=O) groups excluding carboxylic acids is 1. The number of nitrogens with zero attached hydrogens (tertiary/aromatic N) is 1. The summed E-state index contributed by atoms with van der Waals surface area (Å²) in [7, 11) is 1.72. The molecule has 0 radical (unpaired) electrons. The Morgan fingerprint density at radius 1 is 1.38 bits per heavy atom. The monoisotopic (exact) mass is 310 g/mol. The van der Waals surface area contributed by atoms with Gasteiger partial charge in [-0.15, -0.1) is 0 Å². The molecule has 0 unspecified atom stereocenters. The summed E-state index contributed by atoms with van der Waals surface area (Å²) in [6.45, 7) is 3.77. The summed E-state index contributed by atoms with van der Waals surface area (Å²) in [5, 5.41) is 3.77. The van der Waals surface area contributed by atoms with Crippen LogP contribution in [0.1, 0.15) is 18.4 Å². The van der Waals surface area contributed by atoms with Crippen molar-refractivity contribution in [1.29, 1.82) is 0 Å². The van der Waals surface area contributed by atoms with Gasteiger partial charge in [0.1, 0.15) is 0 Å². The Labute approximate surface area is 131 Å². The molecule has 2 rings (SSSR count). The van der Waals surface area contributed by atoms with Gasteiger partial charge < -0.3 is 15.0 Å². The lowest BCUT2D eigenvalue weighted by molar-refractivity contribution is -0.121. The van der Waals surface area contributed by atoms with E-state index in [0.717, 1.165) is 44.6 Å². The van der Waals surface area contributed by atoms with Crippen molar-refractivity contribution in [2.75, 3.05) is 33.4 Å². The van der Waals surface area contributed by atoms with E-state index in [9.17, 15) is 4.79 Å². The number of ether oxygens (including phenoxy) is 1. The second-order valence-corrected chi connectivity index (χ2v) is 5.85. The van der Waals surface area contributed by atoms with Crippen molar-refractivity contribution in [1.82, 2.24) is 10.2 Å². The number of nitrogens with one attached hydrogen (secondary N) is 1. The molecule has 0 aromatic heterocycles. The highest BCUT2D eigenvalue weighted by atomic mass is 35.5. The Hall–Kier alpha value is -1.10. The lowest BCUT2D eigenvalue weighted by atomic mass is 10.0. The van der Waals surface area contributed by atoms with Crippen LogP contribution in [0.2, 0.25) is 5.02 Å². The number of methoxy groups -OCH3 is 1. The smallest absolute Gasteiger partial charge is 0.224 e. The fourth-order valence-corrected chi connectivity index (χ4v) is 2.82. The average molecular weight is 311 g/mol. The van der Waals surface area contributed by atoms with Crippen molar-refractivity contribution >= 4 is 17.5 Å². The van der Waals surface area contributed by atoms with Crippen LogP contribution in [0.15, 0.2) is 24.3 Å². The van der Waals surface area contributed by atoms with E-state index < -0.39 is 0 Å². The first kappa shape index (κ1) is 16.3. The number of hydrogen-bond acceptors (Lipinski definition) is 3. The van der Waals surface area contributed by atoms with Crippen LogP contribution < -0.4 is 5.32 Å². The van der Waals surface area contributed by atoms with Gasteiger partial charge in [-0.3, -0.25) is 4.79 Å². The molecule has 0 saturated carbocycles. The van der Waals surface area contributed by atoms with Crippen LogP contribution >= 0.6 is 11.6 Å². The molecule has 5 heteroatoms. The summed E-state index contributed by atoms with van der Waals surface area (Å²) in [5.41, 5.74) is 0.884. The van der Waals surface area contributed by atoms with Crippen LogP contribution in [0.25, 0.3) is 0 Å². The van der Waals surface area contributed by atoms with Crippen LogP contribution in [-0.2, 0) is 16.0 Å². The predicted octanol–water partition coefficient (Wildman–Crippen LogP) is 2.11. The summed E-state index contributed by atoms with van der Waals surface area (Å²) in [6, 6.07) is 7.77. The molecule has 1 heterocycles. The third-order valence-electron chi connectivity index (χ3n) is 3.87. The minimum absolute atomic E-state index is 0.0541. The third-order valence-corrected chi connectivity index (χ3v) is 4.24. The predicted molar refractivity (Wildman–Crippen MR) is 84.6 cm³/mol. The van der Waals surface area contributed by atoms with Crippen LogP contribution in [0.3, 0.4) is 0 Å². The maximum absolute atomic E-state index is 12.1. The molecule has 1 aliphatic heterocycles. The third kappa shape index (κ3) is 5.30. The zero-order valence-electron chi connectivity index (χ0n) is 12.5. The molecule has 1 aliphatic rings. The highest BCUT2D eigenvalue weighted by Crippen LogP contribution is 2.16. The quantitative estimate of drug-likeness (QED) is 0.875. The fraction of sp³-hybridized carbons (Fsp3) is 0.562. The highest BCUT2D eigenvalue weighted by Gasteiger charge is 2.20. The van der Waals surface area contributed by atoms with Gasteiger partial charge in [0.2, 0.25) is 5.91 Å². The molecule has 0 bridgehead atoms. The number of halogens is 1. The van der Waals surface area contributed by atoms with E-state index in [0.29, 0.717) is 11.4 Å². The van der Waals surface area contributed by atoms with Crippen molar-refractivity contribution in [3.63, 3.8) is 0 Å². The Morgan fingerprint density at radius 2 is 2.10 bits per heavy atom. The summed E-state index contributed by atoms with van der Waals surface area (Å²) >= 11 is 6.08.